The second kappa shape index (κ2) is 8.10. The van der Waals surface area contributed by atoms with Crippen LogP contribution in [0.15, 0.2) is 114 Å². The fourth-order valence-electron chi connectivity index (χ4n) is 4.63. The summed E-state index contributed by atoms with van der Waals surface area (Å²) in [5, 5.41) is 3.39. The molecule has 170 valence electrons. The molecule has 0 fully saturated rings. The fourth-order valence-corrected chi connectivity index (χ4v) is 4.63. The molecule has 0 saturated heterocycles. The van der Waals surface area contributed by atoms with Crippen LogP contribution < -0.4 is 0 Å². The molecule has 4 nitrogen and oxygen atoms in total. The molecule has 0 bridgehead atoms. The SMILES string of the molecule is Fc1ccc(-c2nc(-c3ccccc3)nc(-c3ccc4ccccc4c3)n2)c2oc3ccccc3c12. The molecular formula is C31H18FN3O. The zero-order valence-corrected chi connectivity index (χ0v) is 19.0. The number of nitrogens with zero attached hydrogens (tertiary/aromatic N) is 3. The Morgan fingerprint density at radius 1 is 0.556 bits per heavy atom. The lowest BCUT2D eigenvalue weighted by Gasteiger charge is -2.09. The molecule has 0 saturated carbocycles. The fraction of sp³-hybridized carbons (Fsp3) is 0. The Morgan fingerprint density at radius 2 is 1.25 bits per heavy atom. The summed E-state index contributed by atoms with van der Waals surface area (Å²) in [6.45, 7) is 0. The van der Waals surface area contributed by atoms with Crippen molar-refractivity contribution in [3.05, 3.63) is 115 Å². The average Bonchev–Trinajstić information content (AvgIpc) is 3.34. The maximum Gasteiger partial charge on any atom is 0.167 e. The first-order chi connectivity index (χ1) is 17.7. The van der Waals surface area contributed by atoms with Crippen LogP contribution in [0.4, 0.5) is 4.39 Å². The normalized spacial score (nSPS) is 11.5. The second-order valence-corrected chi connectivity index (χ2v) is 8.63. The van der Waals surface area contributed by atoms with E-state index in [9.17, 15) is 4.39 Å². The Balaban J connectivity index is 1.51. The lowest BCUT2D eigenvalue weighted by Crippen LogP contribution is -2.00. The van der Waals surface area contributed by atoms with Crippen molar-refractivity contribution in [2.24, 2.45) is 0 Å². The molecule has 0 aliphatic rings. The highest BCUT2D eigenvalue weighted by Gasteiger charge is 2.20. The second-order valence-electron chi connectivity index (χ2n) is 8.63. The van der Waals surface area contributed by atoms with Gasteiger partial charge in [-0.25, -0.2) is 19.3 Å². The number of aromatic nitrogens is 3. The van der Waals surface area contributed by atoms with Gasteiger partial charge >= 0.3 is 0 Å². The molecule has 0 atom stereocenters. The van der Waals surface area contributed by atoms with Crippen molar-refractivity contribution in [1.29, 1.82) is 0 Å². The quantitative estimate of drug-likeness (QED) is 0.264. The number of furan rings is 1. The lowest BCUT2D eigenvalue weighted by molar-refractivity contribution is 0.634. The van der Waals surface area contributed by atoms with Crippen molar-refractivity contribution in [3.8, 4) is 34.2 Å². The highest BCUT2D eigenvalue weighted by atomic mass is 19.1. The number of para-hydroxylation sites is 1. The molecule has 0 radical (unpaired) electrons. The summed E-state index contributed by atoms with van der Waals surface area (Å²) in [6.07, 6.45) is 0. The number of halogens is 1. The summed E-state index contributed by atoms with van der Waals surface area (Å²) in [5.41, 5.74) is 3.39. The number of hydrogen-bond acceptors (Lipinski definition) is 4. The molecule has 7 rings (SSSR count). The van der Waals surface area contributed by atoms with Crippen molar-refractivity contribution in [1.82, 2.24) is 15.0 Å². The molecule has 0 spiro atoms. The van der Waals surface area contributed by atoms with Crippen molar-refractivity contribution in [2.45, 2.75) is 0 Å². The third kappa shape index (κ3) is 3.33. The summed E-state index contributed by atoms with van der Waals surface area (Å²) in [5.74, 6) is 1.16. The van der Waals surface area contributed by atoms with Gasteiger partial charge in [0.15, 0.2) is 17.5 Å². The van der Waals surface area contributed by atoms with Gasteiger partial charge in [0.05, 0.1) is 10.9 Å². The zero-order chi connectivity index (χ0) is 24.1. The van der Waals surface area contributed by atoms with Crippen molar-refractivity contribution in [2.75, 3.05) is 0 Å². The number of fused-ring (bicyclic) bond motifs is 4. The van der Waals surface area contributed by atoms with Crippen molar-refractivity contribution in [3.63, 3.8) is 0 Å². The molecule has 5 heteroatoms. The maximum atomic E-state index is 15.0. The summed E-state index contributed by atoms with van der Waals surface area (Å²) in [7, 11) is 0. The van der Waals surface area contributed by atoms with E-state index in [-0.39, 0.29) is 5.82 Å². The van der Waals surface area contributed by atoms with E-state index < -0.39 is 0 Å². The van der Waals surface area contributed by atoms with Crippen LogP contribution in [0.3, 0.4) is 0 Å². The topological polar surface area (TPSA) is 51.8 Å². The first-order valence-corrected chi connectivity index (χ1v) is 11.7. The Hall–Kier alpha value is -4.90. The number of rotatable bonds is 3. The predicted molar refractivity (Wildman–Crippen MR) is 141 cm³/mol. The third-order valence-corrected chi connectivity index (χ3v) is 6.39. The van der Waals surface area contributed by atoms with Crippen LogP contribution in [-0.2, 0) is 0 Å². The van der Waals surface area contributed by atoms with E-state index in [0.29, 0.717) is 39.6 Å². The van der Waals surface area contributed by atoms with Gasteiger partial charge in [-0.2, -0.15) is 0 Å². The van der Waals surface area contributed by atoms with E-state index >= 15 is 0 Å². The molecule has 0 N–H and O–H groups in total. The van der Waals surface area contributed by atoms with Crippen LogP contribution >= 0.6 is 0 Å². The van der Waals surface area contributed by atoms with Crippen LogP contribution in [-0.4, -0.2) is 15.0 Å². The third-order valence-electron chi connectivity index (χ3n) is 6.39. The monoisotopic (exact) mass is 467 g/mol. The van der Waals surface area contributed by atoms with Gasteiger partial charge in [-0.15, -0.1) is 0 Å². The zero-order valence-electron chi connectivity index (χ0n) is 19.0. The van der Waals surface area contributed by atoms with Gasteiger partial charge in [-0.1, -0.05) is 84.9 Å². The Kier molecular flexibility index (Phi) is 4.61. The largest absolute Gasteiger partial charge is 0.455 e. The Bertz CT molecular complexity index is 1910. The minimum atomic E-state index is -0.342. The molecule has 36 heavy (non-hydrogen) atoms. The first-order valence-electron chi connectivity index (χ1n) is 11.7. The van der Waals surface area contributed by atoms with Crippen LogP contribution in [0.25, 0.3) is 66.9 Å². The molecule has 0 amide bonds. The molecule has 2 aromatic heterocycles. The molecule has 0 aliphatic heterocycles. The summed E-state index contributed by atoms with van der Waals surface area (Å²) in [4.78, 5) is 14.5. The van der Waals surface area contributed by atoms with Gasteiger partial charge in [-0.05, 0) is 35.0 Å². The lowest BCUT2D eigenvalue weighted by atomic mass is 10.1. The van der Waals surface area contributed by atoms with E-state index in [1.54, 1.807) is 6.07 Å². The van der Waals surface area contributed by atoms with E-state index in [2.05, 4.69) is 24.3 Å². The molecule has 0 aliphatic carbocycles. The van der Waals surface area contributed by atoms with Crippen LogP contribution in [0.5, 0.6) is 0 Å². The van der Waals surface area contributed by atoms with E-state index in [4.69, 9.17) is 19.4 Å². The smallest absolute Gasteiger partial charge is 0.167 e. The van der Waals surface area contributed by atoms with Gasteiger partial charge in [0.25, 0.3) is 0 Å². The van der Waals surface area contributed by atoms with Gasteiger partial charge in [-0.3, -0.25) is 0 Å². The number of hydrogen-bond donors (Lipinski definition) is 0. The van der Waals surface area contributed by atoms with Crippen LogP contribution in [0.2, 0.25) is 0 Å². The highest BCUT2D eigenvalue weighted by Crippen LogP contribution is 2.37. The molecule has 7 aromatic rings. The van der Waals surface area contributed by atoms with E-state index in [1.165, 1.54) is 6.07 Å². The molecule has 2 heterocycles. The van der Waals surface area contributed by atoms with Crippen molar-refractivity contribution >= 4 is 32.7 Å². The first kappa shape index (κ1) is 20.5. The van der Waals surface area contributed by atoms with E-state index in [0.717, 1.165) is 27.3 Å². The summed E-state index contributed by atoms with van der Waals surface area (Å²) < 4.78 is 21.1. The Labute approximate surface area is 205 Å². The van der Waals surface area contributed by atoms with Gasteiger partial charge in [0.1, 0.15) is 17.0 Å². The predicted octanol–water partition coefficient (Wildman–Crippen LogP) is 8.06. The van der Waals surface area contributed by atoms with Crippen LogP contribution in [0.1, 0.15) is 0 Å². The summed E-state index contributed by atoms with van der Waals surface area (Å²) >= 11 is 0. The van der Waals surface area contributed by atoms with Gasteiger partial charge in [0, 0.05) is 16.5 Å². The minimum Gasteiger partial charge on any atom is -0.455 e. The highest BCUT2D eigenvalue weighted by molar-refractivity contribution is 6.09. The molecule has 5 aromatic carbocycles. The Morgan fingerprint density at radius 3 is 2.11 bits per heavy atom. The molecule has 0 unspecified atom stereocenters. The number of benzene rings is 5. The molecular weight excluding hydrogens is 449 g/mol. The maximum absolute atomic E-state index is 15.0. The minimum absolute atomic E-state index is 0.342. The van der Waals surface area contributed by atoms with Gasteiger partial charge < -0.3 is 4.42 Å². The average molecular weight is 468 g/mol. The van der Waals surface area contributed by atoms with E-state index in [1.807, 2.05) is 72.8 Å². The van der Waals surface area contributed by atoms with Crippen LogP contribution in [0, 0.1) is 5.82 Å². The summed E-state index contributed by atoms with van der Waals surface area (Å²) in [6, 6.07) is 34.6. The van der Waals surface area contributed by atoms with Crippen molar-refractivity contribution < 1.29 is 8.81 Å². The standard InChI is InChI=1S/C31H18FN3O/c32-25-17-16-24(28-27(25)23-12-6-7-13-26(23)36-28)31-34-29(20-9-2-1-3-10-20)33-30(35-31)22-15-14-19-8-4-5-11-21(19)18-22/h1-18H. The van der Waals surface area contributed by atoms with Gasteiger partial charge in [0.2, 0.25) is 0 Å².